The van der Waals surface area contributed by atoms with E-state index in [0.29, 0.717) is 0 Å². The maximum absolute atomic E-state index is 12.5. The van der Waals surface area contributed by atoms with E-state index in [4.69, 9.17) is 41.3 Å². The van der Waals surface area contributed by atoms with Crippen LogP contribution in [-0.4, -0.2) is 160 Å². The van der Waals surface area contributed by atoms with E-state index < -0.39 is 91.5 Å². The van der Waals surface area contributed by atoms with Crippen molar-refractivity contribution in [1.82, 2.24) is 10.6 Å². The van der Waals surface area contributed by atoms with Crippen LogP contribution in [-0.2, 0) is 23.7 Å². The van der Waals surface area contributed by atoms with E-state index in [0.717, 1.165) is 0 Å². The summed E-state index contributed by atoms with van der Waals surface area (Å²) in [6.45, 7) is -0.380. The first-order chi connectivity index (χ1) is 19.0. The molecule has 14 atom stereocenters. The topological polar surface area (TPSA) is 298 Å². The molecule has 1 aliphatic carbocycles. The van der Waals surface area contributed by atoms with E-state index in [-0.39, 0.29) is 52.1 Å². The molecular formula is C23H45N5O12. The molecule has 3 aliphatic rings. The maximum Gasteiger partial charge on any atom is 0.251 e. The van der Waals surface area contributed by atoms with Gasteiger partial charge in [-0.05, 0) is 12.8 Å². The van der Waals surface area contributed by atoms with Crippen LogP contribution in [0.3, 0.4) is 0 Å². The van der Waals surface area contributed by atoms with Crippen LogP contribution in [0.2, 0.25) is 0 Å². The molecule has 0 aromatic rings. The summed E-state index contributed by atoms with van der Waals surface area (Å²) in [5.74, 6) is -0.991. The third-order valence-corrected chi connectivity index (χ3v) is 7.39. The molecule has 17 nitrogen and oxygen atoms in total. The molecule has 2 saturated heterocycles. The average Bonchev–Trinajstić information content (AvgIpc) is 3.29. The van der Waals surface area contributed by atoms with Crippen molar-refractivity contribution in [3.8, 4) is 0 Å². The lowest BCUT2D eigenvalue weighted by molar-refractivity contribution is -0.296. The van der Waals surface area contributed by atoms with Gasteiger partial charge in [0, 0.05) is 32.1 Å². The van der Waals surface area contributed by atoms with Gasteiger partial charge < -0.3 is 82.5 Å². The summed E-state index contributed by atoms with van der Waals surface area (Å²) in [7, 11) is 0. The van der Waals surface area contributed by atoms with Gasteiger partial charge in [-0.15, -0.1) is 0 Å². The molecule has 15 N–H and O–H groups in total. The summed E-state index contributed by atoms with van der Waals surface area (Å²) in [5, 5.41) is 75.6. The minimum absolute atomic E-state index is 0.0533. The number of ether oxygens (including phenoxy) is 4. The molecule has 3 fully saturated rings. The standard InChI is InChI=1S/C23H45N5O12/c24-6-15(33)18(35)21(36)28-12-4-10(25)19(20(17(12)34)40-23-14(32)3-9(8-30)37-23)39-22-11(26)5-13(31)16(38-22)7-27-1-2-29/h9-20,22-23,27,29-35H,1-8,24-26H2,(H,28,36)/t9-,10-,11+,12+,13-,14+,15-,16+,17-,18-,19+,20+,22+,23-/m0/s1. The summed E-state index contributed by atoms with van der Waals surface area (Å²) in [6, 6.07) is -2.76. The van der Waals surface area contributed by atoms with Gasteiger partial charge in [0.25, 0.3) is 5.91 Å². The first-order valence-electron chi connectivity index (χ1n) is 13.5. The first kappa shape index (κ1) is 33.4. The minimum atomic E-state index is -1.86. The van der Waals surface area contributed by atoms with Crippen LogP contribution < -0.4 is 27.8 Å². The molecule has 1 saturated carbocycles. The van der Waals surface area contributed by atoms with E-state index in [2.05, 4.69) is 10.6 Å². The number of hydrogen-bond donors (Lipinski definition) is 12. The van der Waals surface area contributed by atoms with E-state index in [1.807, 2.05) is 0 Å². The second-order valence-corrected chi connectivity index (χ2v) is 10.5. The van der Waals surface area contributed by atoms with Gasteiger partial charge in [0.2, 0.25) is 0 Å². The smallest absolute Gasteiger partial charge is 0.251 e. The fourth-order valence-corrected chi connectivity index (χ4v) is 5.10. The number of rotatable bonds is 13. The zero-order valence-corrected chi connectivity index (χ0v) is 22.1. The van der Waals surface area contributed by atoms with Crippen LogP contribution in [0.4, 0.5) is 0 Å². The number of nitrogens with two attached hydrogens (primary N) is 3. The lowest BCUT2D eigenvalue weighted by atomic mass is 9.83. The van der Waals surface area contributed by atoms with Gasteiger partial charge in [-0.25, -0.2) is 0 Å². The summed E-state index contributed by atoms with van der Waals surface area (Å²) >= 11 is 0. The number of aliphatic hydroxyl groups is 7. The molecular weight excluding hydrogens is 538 g/mol. The van der Waals surface area contributed by atoms with Gasteiger partial charge in [0.15, 0.2) is 18.7 Å². The highest BCUT2D eigenvalue weighted by Crippen LogP contribution is 2.32. The van der Waals surface area contributed by atoms with Crippen LogP contribution in [0.1, 0.15) is 19.3 Å². The Labute approximate surface area is 231 Å². The SMILES string of the molecule is NC[C@H](O)[C@H](O)C(=O)N[C@@H]1C[C@H](N)[C@@H](O[C@H]2O[C@H](CNCCO)[C@@H](O)C[C@H]2N)[C@H](O[C@@H]2O[C@H](CO)C[C@H]2O)[C@H]1O. The second-order valence-electron chi connectivity index (χ2n) is 10.5. The van der Waals surface area contributed by atoms with Crippen LogP contribution >= 0.6 is 0 Å². The molecule has 0 radical (unpaired) electrons. The van der Waals surface area contributed by atoms with Crippen molar-refractivity contribution in [3.05, 3.63) is 0 Å². The van der Waals surface area contributed by atoms with Crippen LogP contribution in [0, 0.1) is 0 Å². The predicted molar refractivity (Wildman–Crippen MR) is 135 cm³/mol. The Bertz CT molecular complexity index is 789. The van der Waals surface area contributed by atoms with Gasteiger partial charge in [-0.3, -0.25) is 4.79 Å². The minimum Gasteiger partial charge on any atom is -0.395 e. The van der Waals surface area contributed by atoms with Gasteiger partial charge >= 0.3 is 0 Å². The van der Waals surface area contributed by atoms with Gasteiger partial charge in [-0.1, -0.05) is 0 Å². The van der Waals surface area contributed by atoms with Crippen molar-refractivity contribution in [2.75, 3.05) is 32.8 Å². The van der Waals surface area contributed by atoms with Gasteiger partial charge in [-0.2, -0.15) is 0 Å². The van der Waals surface area contributed by atoms with Crippen molar-refractivity contribution in [3.63, 3.8) is 0 Å². The molecule has 2 heterocycles. The Balaban J connectivity index is 1.78. The Kier molecular flexibility index (Phi) is 12.8. The van der Waals surface area contributed by atoms with Crippen molar-refractivity contribution < 1.29 is 59.5 Å². The van der Waals surface area contributed by atoms with E-state index in [1.165, 1.54) is 0 Å². The zero-order valence-electron chi connectivity index (χ0n) is 22.1. The monoisotopic (exact) mass is 583 g/mol. The largest absolute Gasteiger partial charge is 0.395 e. The molecule has 1 amide bonds. The number of amides is 1. The normalized spacial score (nSPS) is 42.0. The van der Waals surface area contributed by atoms with Crippen LogP contribution in [0.25, 0.3) is 0 Å². The zero-order chi connectivity index (χ0) is 29.6. The Morgan fingerprint density at radius 2 is 1.65 bits per heavy atom. The van der Waals surface area contributed by atoms with E-state index in [9.17, 15) is 35.4 Å². The molecule has 234 valence electrons. The fraction of sp³-hybridized carbons (Fsp3) is 0.957. The maximum atomic E-state index is 12.5. The third-order valence-electron chi connectivity index (χ3n) is 7.39. The van der Waals surface area contributed by atoms with E-state index in [1.54, 1.807) is 0 Å². The fourth-order valence-electron chi connectivity index (χ4n) is 5.10. The summed E-state index contributed by atoms with van der Waals surface area (Å²) < 4.78 is 23.5. The molecule has 0 aromatic heterocycles. The van der Waals surface area contributed by atoms with Crippen molar-refractivity contribution in [1.29, 1.82) is 0 Å². The Hall–Kier alpha value is -1.13. The first-order valence-corrected chi connectivity index (χ1v) is 13.5. The number of carbonyl (C=O) groups excluding carboxylic acids is 1. The summed E-state index contributed by atoms with van der Waals surface area (Å²) in [5.41, 5.74) is 17.9. The summed E-state index contributed by atoms with van der Waals surface area (Å²) in [4.78, 5) is 12.5. The highest BCUT2D eigenvalue weighted by Gasteiger charge is 2.50. The molecule has 0 spiro atoms. The molecule has 17 heteroatoms. The number of nitrogens with one attached hydrogen (secondary N) is 2. The van der Waals surface area contributed by atoms with Crippen molar-refractivity contribution in [2.45, 2.75) is 105 Å². The van der Waals surface area contributed by atoms with Gasteiger partial charge in [0.1, 0.15) is 30.5 Å². The molecule has 0 unspecified atom stereocenters. The second kappa shape index (κ2) is 15.4. The molecule has 2 aliphatic heterocycles. The molecule has 40 heavy (non-hydrogen) atoms. The molecule has 3 rings (SSSR count). The number of hydrogen-bond acceptors (Lipinski definition) is 16. The predicted octanol–water partition coefficient (Wildman–Crippen LogP) is -7.13. The Morgan fingerprint density at radius 3 is 2.27 bits per heavy atom. The van der Waals surface area contributed by atoms with E-state index >= 15 is 0 Å². The lowest BCUT2D eigenvalue weighted by Crippen LogP contribution is -2.67. The number of aliphatic hydroxyl groups excluding tert-OH is 7. The summed E-state index contributed by atoms with van der Waals surface area (Å²) in [6.07, 6.45) is -13.0. The highest BCUT2D eigenvalue weighted by atomic mass is 16.7. The van der Waals surface area contributed by atoms with Crippen molar-refractivity contribution in [2.24, 2.45) is 17.2 Å². The van der Waals surface area contributed by atoms with Gasteiger partial charge in [0.05, 0.1) is 43.6 Å². The quantitative estimate of drug-likeness (QED) is 0.0896. The molecule has 0 bridgehead atoms. The molecule has 0 aromatic carbocycles. The van der Waals surface area contributed by atoms with Crippen LogP contribution in [0.15, 0.2) is 0 Å². The van der Waals surface area contributed by atoms with Crippen LogP contribution in [0.5, 0.6) is 0 Å². The number of carbonyl (C=O) groups is 1. The lowest BCUT2D eigenvalue weighted by Gasteiger charge is -2.47. The Morgan fingerprint density at radius 1 is 0.950 bits per heavy atom. The average molecular weight is 584 g/mol. The highest BCUT2D eigenvalue weighted by molar-refractivity contribution is 5.81. The third kappa shape index (κ3) is 8.24. The van der Waals surface area contributed by atoms with Crippen molar-refractivity contribution >= 4 is 5.91 Å².